The highest BCUT2D eigenvalue weighted by Gasteiger charge is 2.10. The fraction of sp³-hybridized carbons (Fsp3) is 0.273. The van der Waals surface area contributed by atoms with Crippen molar-refractivity contribution < 1.29 is 14.3 Å². The van der Waals surface area contributed by atoms with Gasteiger partial charge in [0.05, 0.1) is 0 Å². The molecule has 0 bridgehead atoms. The van der Waals surface area contributed by atoms with Crippen LogP contribution in [0.2, 0.25) is 0 Å². The average Bonchev–Trinajstić information content (AvgIpc) is 2.25. The van der Waals surface area contributed by atoms with Crippen LogP contribution in [0.4, 0.5) is 4.79 Å². The maximum Gasteiger partial charge on any atom is 0.405 e. The molecule has 0 fully saturated rings. The van der Waals surface area contributed by atoms with E-state index in [0.29, 0.717) is 19.1 Å². The molecule has 2 N–H and O–H groups in total. The molecule has 80 valence electrons. The van der Waals surface area contributed by atoms with Crippen LogP contribution in [0.5, 0.6) is 0 Å². The third-order valence-electron chi connectivity index (χ3n) is 1.98. The van der Waals surface area contributed by atoms with Crippen molar-refractivity contribution in [1.29, 1.82) is 0 Å². The largest absolute Gasteiger partial charge is 0.439 e. The summed E-state index contributed by atoms with van der Waals surface area (Å²) in [5.41, 5.74) is 5.91. The highest BCUT2D eigenvalue weighted by molar-refractivity contribution is 5.68. The zero-order valence-electron chi connectivity index (χ0n) is 8.26. The SMILES string of the molecule is NC(=O)O[C@@H](C=O)CCc1ccccc1. The third-order valence-corrected chi connectivity index (χ3v) is 1.98. The summed E-state index contributed by atoms with van der Waals surface area (Å²) in [6.07, 6.45) is 0.0599. The molecule has 0 saturated heterocycles. The molecule has 0 aliphatic heterocycles. The Kier molecular flexibility index (Phi) is 4.34. The minimum absolute atomic E-state index is 0.455. The van der Waals surface area contributed by atoms with Gasteiger partial charge in [-0.2, -0.15) is 0 Å². The Morgan fingerprint density at radius 1 is 1.40 bits per heavy atom. The number of rotatable bonds is 5. The first-order chi connectivity index (χ1) is 7.22. The molecule has 0 radical (unpaired) electrons. The summed E-state index contributed by atoms with van der Waals surface area (Å²) in [5.74, 6) is 0. The van der Waals surface area contributed by atoms with Crippen LogP contribution < -0.4 is 5.73 Å². The average molecular weight is 207 g/mol. The van der Waals surface area contributed by atoms with Gasteiger partial charge < -0.3 is 10.5 Å². The minimum Gasteiger partial charge on any atom is -0.439 e. The molecule has 1 atom stereocenters. The van der Waals surface area contributed by atoms with Gasteiger partial charge in [-0.05, 0) is 18.4 Å². The number of carbonyl (C=O) groups is 2. The monoisotopic (exact) mass is 207 g/mol. The molecule has 0 saturated carbocycles. The molecular weight excluding hydrogens is 194 g/mol. The van der Waals surface area contributed by atoms with E-state index in [0.717, 1.165) is 5.56 Å². The van der Waals surface area contributed by atoms with Crippen molar-refractivity contribution in [3.8, 4) is 0 Å². The van der Waals surface area contributed by atoms with Crippen LogP contribution in [0, 0.1) is 0 Å². The molecule has 15 heavy (non-hydrogen) atoms. The van der Waals surface area contributed by atoms with E-state index in [1.807, 2.05) is 30.3 Å². The van der Waals surface area contributed by atoms with Gasteiger partial charge in [-0.1, -0.05) is 30.3 Å². The summed E-state index contributed by atoms with van der Waals surface area (Å²) in [5, 5.41) is 0. The second-order valence-electron chi connectivity index (χ2n) is 3.14. The molecule has 0 aliphatic rings. The van der Waals surface area contributed by atoms with Crippen LogP contribution in [0.15, 0.2) is 30.3 Å². The predicted molar refractivity (Wildman–Crippen MR) is 55.3 cm³/mol. The first-order valence-electron chi connectivity index (χ1n) is 4.67. The number of hydrogen-bond donors (Lipinski definition) is 1. The second-order valence-corrected chi connectivity index (χ2v) is 3.14. The van der Waals surface area contributed by atoms with Crippen LogP contribution in [-0.4, -0.2) is 18.5 Å². The Labute approximate surface area is 88.0 Å². The van der Waals surface area contributed by atoms with Crippen molar-refractivity contribution in [3.05, 3.63) is 35.9 Å². The van der Waals surface area contributed by atoms with Gasteiger partial charge in [-0.25, -0.2) is 4.79 Å². The quantitative estimate of drug-likeness (QED) is 0.739. The van der Waals surface area contributed by atoms with Crippen LogP contribution in [0.1, 0.15) is 12.0 Å². The lowest BCUT2D eigenvalue weighted by atomic mass is 10.1. The van der Waals surface area contributed by atoms with E-state index in [9.17, 15) is 9.59 Å². The van der Waals surface area contributed by atoms with Crippen molar-refractivity contribution in [2.75, 3.05) is 0 Å². The fourth-order valence-corrected chi connectivity index (χ4v) is 1.26. The lowest BCUT2D eigenvalue weighted by Crippen LogP contribution is -2.24. The first-order valence-corrected chi connectivity index (χ1v) is 4.67. The molecular formula is C11H13NO3. The summed E-state index contributed by atoms with van der Waals surface area (Å²) >= 11 is 0. The number of hydrogen-bond acceptors (Lipinski definition) is 3. The highest BCUT2D eigenvalue weighted by Crippen LogP contribution is 2.06. The van der Waals surface area contributed by atoms with E-state index < -0.39 is 12.2 Å². The van der Waals surface area contributed by atoms with Crippen molar-refractivity contribution in [2.45, 2.75) is 18.9 Å². The molecule has 0 spiro atoms. The van der Waals surface area contributed by atoms with E-state index in [1.165, 1.54) is 0 Å². The Bertz CT molecular complexity index is 324. The summed E-state index contributed by atoms with van der Waals surface area (Å²) in [6.45, 7) is 0. The number of carbonyl (C=O) groups excluding carboxylic acids is 2. The molecule has 4 nitrogen and oxygen atoms in total. The van der Waals surface area contributed by atoms with Crippen LogP contribution in [0.3, 0.4) is 0 Å². The normalized spacial score (nSPS) is 11.7. The number of aryl methyl sites for hydroxylation is 1. The zero-order chi connectivity index (χ0) is 11.1. The Morgan fingerprint density at radius 3 is 2.60 bits per heavy atom. The van der Waals surface area contributed by atoms with E-state index >= 15 is 0 Å². The second kappa shape index (κ2) is 5.80. The van der Waals surface area contributed by atoms with Crippen LogP contribution in [0.25, 0.3) is 0 Å². The molecule has 1 rings (SSSR count). The van der Waals surface area contributed by atoms with Crippen molar-refractivity contribution in [1.82, 2.24) is 0 Å². The van der Waals surface area contributed by atoms with Crippen LogP contribution >= 0.6 is 0 Å². The summed E-state index contributed by atoms with van der Waals surface area (Å²) in [7, 11) is 0. The van der Waals surface area contributed by atoms with Gasteiger partial charge in [0, 0.05) is 0 Å². The topological polar surface area (TPSA) is 69.4 Å². The number of amides is 1. The lowest BCUT2D eigenvalue weighted by molar-refractivity contribution is -0.115. The van der Waals surface area contributed by atoms with Crippen molar-refractivity contribution in [3.63, 3.8) is 0 Å². The van der Waals surface area contributed by atoms with Gasteiger partial charge in [0.2, 0.25) is 0 Å². The van der Waals surface area contributed by atoms with Crippen molar-refractivity contribution in [2.24, 2.45) is 5.73 Å². The van der Waals surface area contributed by atoms with Gasteiger partial charge in [-0.3, -0.25) is 4.79 Å². The van der Waals surface area contributed by atoms with E-state index in [1.54, 1.807) is 0 Å². The van der Waals surface area contributed by atoms with Gasteiger partial charge in [0.25, 0.3) is 0 Å². The van der Waals surface area contributed by atoms with Gasteiger partial charge in [0.1, 0.15) is 0 Å². The number of benzene rings is 1. The number of ether oxygens (including phenoxy) is 1. The molecule has 1 amide bonds. The standard InChI is InChI=1S/C11H13NO3/c12-11(14)15-10(8-13)7-6-9-4-2-1-3-5-9/h1-5,8,10H,6-7H2,(H2,12,14)/t10-/m1/s1. The van der Waals surface area contributed by atoms with E-state index in [-0.39, 0.29) is 0 Å². The zero-order valence-corrected chi connectivity index (χ0v) is 8.26. The molecule has 0 unspecified atom stereocenters. The molecule has 0 heterocycles. The fourth-order valence-electron chi connectivity index (χ4n) is 1.26. The third kappa shape index (κ3) is 4.26. The number of primary amides is 1. The molecule has 4 heteroatoms. The molecule has 1 aromatic carbocycles. The van der Waals surface area contributed by atoms with Crippen molar-refractivity contribution >= 4 is 12.4 Å². The van der Waals surface area contributed by atoms with Gasteiger partial charge >= 0.3 is 6.09 Å². The predicted octanol–water partition coefficient (Wildman–Crippen LogP) is 1.28. The highest BCUT2D eigenvalue weighted by atomic mass is 16.6. The van der Waals surface area contributed by atoms with Gasteiger partial charge in [-0.15, -0.1) is 0 Å². The molecule has 0 aliphatic carbocycles. The summed E-state index contributed by atoms with van der Waals surface area (Å²) in [4.78, 5) is 21.0. The summed E-state index contributed by atoms with van der Waals surface area (Å²) in [6, 6.07) is 9.65. The first kappa shape index (κ1) is 11.2. The van der Waals surface area contributed by atoms with E-state index in [2.05, 4.69) is 4.74 Å². The maximum atomic E-state index is 10.5. The maximum absolute atomic E-state index is 10.5. The number of aldehydes is 1. The smallest absolute Gasteiger partial charge is 0.405 e. The Balaban J connectivity index is 2.41. The summed E-state index contributed by atoms with van der Waals surface area (Å²) < 4.78 is 4.59. The number of nitrogens with two attached hydrogens (primary N) is 1. The van der Waals surface area contributed by atoms with E-state index in [4.69, 9.17) is 5.73 Å². The van der Waals surface area contributed by atoms with Gasteiger partial charge in [0.15, 0.2) is 12.4 Å². The lowest BCUT2D eigenvalue weighted by Gasteiger charge is -2.09. The Morgan fingerprint density at radius 2 is 2.07 bits per heavy atom. The molecule has 0 aromatic heterocycles. The van der Waals surface area contributed by atoms with Crippen LogP contribution in [-0.2, 0) is 16.0 Å². The molecule has 1 aromatic rings. The Hall–Kier alpha value is -1.84. The minimum atomic E-state index is -0.917.